The first kappa shape index (κ1) is 59.6. The zero-order valence-electron chi connectivity index (χ0n) is 42.1. The van der Waals surface area contributed by atoms with Crippen LogP contribution in [0, 0.1) is 0 Å². The number of nitrogens with zero attached hydrogens (tertiary/aromatic N) is 5. The average Bonchev–Trinajstić information content (AvgIpc) is 4.27. The van der Waals surface area contributed by atoms with Crippen LogP contribution < -0.4 is 21.5 Å². The maximum absolute atomic E-state index is 12.9. The fourth-order valence-corrected chi connectivity index (χ4v) is 9.48. The molecule has 15 nitrogen and oxygen atoms in total. The Morgan fingerprint density at radius 3 is 1.54 bits per heavy atom. The molecular formula is C62H55Cl5N12O3. The van der Waals surface area contributed by atoms with E-state index in [1.54, 1.807) is 61.3 Å². The molecule has 0 aliphatic heterocycles. The third-order valence-electron chi connectivity index (χ3n) is 12.8. The lowest BCUT2D eigenvalue weighted by Gasteiger charge is -2.13. The SMILES string of the molecule is C.C.O=C(c1ccc(NCc2ccc(Cl)cc2)nc1Cl)c1c[nH]c2ncccc12.O=c1[nH]c(NCc2ccc(Cl)cc2)ccc1Cc1c[nH]c2ncccc12.OC(c1ccc(NCc2ccc(Cl)cc2)nc1Cl)c1c[nH]c2ncccc12. The van der Waals surface area contributed by atoms with Crippen LogP contribution >= 0.6 is 58.0 Å². The van der Waals surface area contributed by atoms with Gasteiger partial charge in [0.25, 0.3) is 5.56 Å². The number of carbonyl (C=O) groups excluding carboxylic acids is 1. The Balaban J connectivity index is 0.000000159. The van der Waals surface area contributed by atoms with Crippen LogP contribution in [0.4, 0.5) is 17.5 Å². The van der Waals surface area contributed by atoms with Crippen LogP contribution in [0.2, 0.25) is 25.4 Å². The van der Waals surface area contributed by atoms with E-state index in [-0.39, 0.29) is 36.5 Å². The number of nitrogens with one attached hydrogen (secondary N) is 7. The normalized spacial score (nSPS) is 11.1. The van der Waals surface area contributed by atoms with Crippen LogP contribution in [-0.4, -0.2) is 55.7 Å². The minimum absolute atomic E-state index is 0. The summed E-state index contributed by atoms with van der Waals surface area (Å²) in [5, 5.41) is 25.5. The van der Waals surface area contributed by atoms with E-state index in [9.17, 15) is 14.7 Å². The third-order valence-corrected chi connectivity index (χ3v) is 14.2. The summed E-state index contributed by atoms with van der Waals surface area (Å²) in [5.74, 6) is 1.71. The van der Waals surface area contributed by atoms with Crippen LogP contribution in [0.1, 0.15) is 75.8 Å². The molecule has 8 N–H and O–H groups in total. The van der Waals surface area contributed by atoms with E-state index < -0.39 is 6.10 Å². The number of aliphatic hydroxyl groups is 1. The van der Waals surface area contributed by atoms with E-state index in [1.165, 1.54) is 0 Å². The van der Waals surface area contributed by atoms with Crippen LogP contribution in [-0.2, 0) is 26.1 Å². The molecule has 0 amide bonds. The molecule has 3 aromatic carbocycles. The minimum Gasteiger partial charge on any atom is -0.383 e. The van der Waals surface area contributed by atoms with Gasteiger partial charge in [0.15, 0.2) is 5.78 Å². The highest BCUT2D eigenvalue weighted by atomic mass is 35.5. The van der Waals surface area contributed by atoms with Crippen LogP contribution in [0.5, 0.6) is 0 Å². The van der Waals surface area contributed by atoms with Gasteiger partial charge in [-0.3, -0.25) is 9.59 Å². The van der Waals surface area contributed by atoms with Gasteiger partial charge in [0.05, 0.1) is 5.56 Å². The standard InChI is InChI=1S/C20H16Cl2N4O.C20H14Cl2N4O.C20H17ClN4O.2CH4/c2*21-13-5-3-12(4-6-13)10-24-17-8-7-15(19(22)26-17)18(27)16-11-25-20-14(16)2-1-9-23-20;21-16-6-3-13(4-7-16)11-23-18-8-5-14(20(26)25-18)10-15-12-24-19-17(15)2-1-9-22-19;;/h1-9,11,18,27H,10H2,(H,23,25)(H,24,26);1-9,11H,10H2,(H,23,25)(H,24,26);1-9,12H,10-11H2,(H,22,24)(H2,23,25,26);2*1H4. The molecule has 20 heteroatoms. The van der Waals surface area contributed by atoms with Crippen molar-refractivity contribution in [2.45, 2.75) is 47.0 Å². The molecule has 0 aliphatic rings. The van der Waals surface area contributed by atoms with E-state index in [0.717, 1.165) is 49.7 Å². The molecule has 12 aromatic rings. The topological polar surface area (TPSA) is 218 Å². The predicted octanol–water partition coefficient (Wildman–Crippen LogP) is 15.4. The van der Waals surface area contributed by atoms with E-state index in [4.69, 9.17) is 58.0 Å². The van der Waals surface area contributed by atoms with Crippen molar-refractivity contribution < 1.29 is 9.90 Å². The fraction of sp³-hybridized carbons (Fsp3) is 0.113. The third kappa shape index (κ3) is 14.7. The Labute approximate surface area is 497 Å². The largest absolute Gasteiger partial charge is 0.383 e. The summed E-state index contributed by atoms with van der Waals surface area (Å²) in [4.78, 5) is 58.7. The van der Waals surface area contributed by atoms with Gasteiger partial charge in [-0.25, -0.2) is 24.9 Å². The minimum atomic E-state index is -0.895. The smallest absolute Gasteiger partial charge is 0.253 e. The van der Waals surface area contributed by atoms with Gasteiger partial charge >= 0.3 is 0 Å². The summed E-state index contributed by atoms with van der Waals surface area (Å²) in [6.45, 7) is 1.78. The number of aliphatic hydroxyl groups excluding tert-OH is 1. The van der Waals surface area contributed by atoms with Gasteiger partial charge in [0.2, 0.25) is 0 Å². The number of aromatic nitrogens is 9. The summed E-state index contributed by atoms with van der Waals surface area (Å²) in [5.41, 5.74) is 9.23. The van der Waals surface area contributed by atoms with Crippen molar-refractivity contribution in [1.29, 1.82) is 0 Å². The fourth-order valence-electron chi connectivity index (χ4n) is 8.61. The number of aromatic amines is 4. The Bertz CT molecular complexity index is 4150. The van der Waals surface area contributed by atoms with Gasteiger partial charge < -0.3 is 41.0 Å². The van der Waals surface area contributed by atoms with Gasteiger partial charge in [-0.05, 0) is 131 Å². The highest BCUT2D eigenvalue weighted by Gasteiger charge is 2.21. The van der Waals surface area contributed by atoms with Crippen molar-refractivity contribution in [3.63, 3.8) is 0 Å². The number of rotatable bonds is 15. The van der Waals surface area contributed by atoms with Crippen molar-refractivity contribution in [2.75, 3.05) is 16.0 Å². The van der Waals surface area contributed by atoms with Crippen LogP contribution in [0.15, 0.2) is 188 Å². The maximum Gasteiger partial charge on any atom is 0.253 e. The summed E-state index contributed by atoms with van der Waals surface area (Å²) >= 11 is 30.3. The van der Waals surface area contributed by atoms with Crippen LogP contribution in [0.25, 0.3) is 33.1 Å². The van der Waals surface area contributed by atoms with Crippen molar-refractivity contribution in [2.24, 2.45) is 0 Å². The zero-order chi connectivity index (χ0) is 55.5. The molecule has 0 spiro atoms. The zero-order valence-corrected chi connectivity index (χ0v) is 45.9. The van der Waals surface area contributed by atoms with Crippen molar-refractivity contribution >= 4 is 114 Å². The lowest BCUT2D eigenvalue weighted by atomic mass is 10.0. The molecule has 12 rings (SSSR count). The number of benzene rings is 3. The summed E-state index contributed by atoms with van der Waals surface area (Å²) < 4.78 is 0. The highest BCUT2D eigenvalue weighted by Crippen LogP contribution is 2.32. The monoisotopic (exact) mass is 1190 g/mol. The van der Waals surface area contributed by atoms with Gasteiger partial charge in [-0.1, -0.05) is 109 Å². The number of carbonyl (C=O) groups is 1. The molecule has 0 bridgehead atoms. The molecule has 0 saturated heterocycles. The molecule has 0 saturated carbocycles. The first-order valence-corrected chi connectivity index (χ1v) is 26.8. The van der Waals surface area contributed by atoms with Crippen LogP contribution in [0.3, 0.4) is 0 Å². The first-order valence-electron chi connectivity index (χ1n) is 24.9. The van der Waals surface area contributed by atoms with Crippen molar-refractivity contribution in [3.8, 4) is 0 Å². The van der Waals surface area contributed by atoms with Gasteiger partial charge in [-0.2, -0.15) is 0 Å². The number of hydrogen-bond donors (Lipinski definition) is 8. The van der Waals surface area contributed by atoms with Crippen molar-refractivity contribution in [3.05, 3.63) is 269 Å². The number of anilines is 3. The first-order chi connectivity index (χ1) is 38.9. The lowest BCUT2D eigenvalue weighted by Crippen LogP contribution is -2.15. The maximum atomic E-state index is 12.9. The number of halogens is 5. The quantitative estimate of drug-likeness (QED) is 0.0357. The Hall–Kier alpha value is -8.54. The summed E-state index contributed by atoms with van der Waals surface area (Å²) in [6, 6.07) is 44.7. The molecule has 0 fully saturated rings. The molecule has 0 radical (unpaired) electrons. The number of fused-ring (bicyclic) bond motifs is 3. The van der Waals surface area contributed by atoms with E-state index >= 15 is 0 Å². The van der Waals surface area contributed by atoms with Gasteiger partial charge in [0.1, 0.15) is 50.8 Å². The highest BCUT2D eigenvalue weighted by molar-refractivity contribution is 6.34. The second kappa shape index (κ2) is 27.8. The predicted molar refractivity (Wildman–Crippen MR) is 334 cm³/mol. The Morgan fingerprint density at radius 1 is 0.488 bits per heavy atom. The average molecular weight is 1190 g/mol. The lowest BCUT2D eigenvalue weighted by molar-refractivity contribution is 0.104. The summed E-state index contributed by atoms with van der Waals surface area (Å²) in [6.07, 6.45) is 10.1. The number of ketones is 1. The number of pyridine rings is 6. The number of H-pyrrole nitrogens is 4. The number of hydrogen-bond acceptors (Lipinski definition) is 11. The Kier molecular flexibility index (Phi) is 20.2. The molecule has 416 valence electrons. The molecule has 9 heterocycles. The van der Waals surface area contributed by atoms with E-state index in [2.05, 4.69) is 60.8 Å². The van der Waals surface area contributed by atoms with Gasteiger partial charge in [0, 0.05) is 117 Å². The Morgan fingerprint density at radius 2 is 0.976 bits per heavy atom. The van der Waals surface area contributed by atoms with Crippen molar-refractivity contribution in [1.82, 2.24) is 44.9 Å². The van der Waals surface area contributed by atoms with Gasteiger partial charge in [-0.15, -0.1) is 0 Å². The molecular weight excluding hydrogens is 1140 g/mol. The molecule has 82 heavy (non-hydrogen) atoms. The molecule has 1 unspecified atom stereocenters. The van der Waals surface area contributed by atoms with E-state index in [0.29, 0.717) is 92.0 Å². The molecule has 9 aromatic heterocycles. The summed E-state index contributed by atoms with van der Waals surface area (Å²) in [7, 11) is 0. The second-order valence-corrected chi connectivity index (χ2v) is 20.2. The van der Waals surface area contributed by atoms with E-state index in [1.807, 2.05) is 121 Å². The molecule has 1 atom stereocenters. The molecule has 0 aliphatic carbocycles. The second-order valence-electron chi connectivity index (χ2n) is 18.1.